The third-order valence-electron chi connectivity index (χ3n) is 6.05. The minimum Gasteiger partial charge on any atom is -0.343 e. The SMILES string of the molecule is C[C@H](c1ccccc1)N(C)C(=O)[C@H](CCCN)NC(=O)C(c1ccccc1)c1ccccc1. The summed E-state index contributed by atoms with van der Waals surface area (Å²) in [4.78, 5) is 28.7. The van der Waals surface area contributed by atoms with Crippen molar-refractivity contribution in [1.82, 2.24) is 10.2 Å². The molecule has 0 aliphatic carbocycles. The molecule has 2 atom stereocenters. The molecule has 5 heteroatoms. The molecule has 0 aromatic heterocycles. The van der Waals surface area contributed by atoms with Gasteiger partial charge in [-0.25, -0.2) is 0 Å². The Bertz CT molecular complexity index is 970. The van der Waals surface area contributed by atoms with Gasteiger partial charge < -0.3 is 16.0 Å². The van der Waals surface area contributed by atoms with Gasteiger partial charge in [-0.1, -0.05) is 91.0 Å². The molecular weight excluding hydrogens is 410 g/mol. The lowest BCUT2D eigenvalue weighted by atomic mass is 9.90. The molecule has 0 aliphatic rings. The average molecular weight is 444 g/mol. The Morgan fingerprint density at radius 3 is 1.73 bits per heavy atom. The van der Waals surface area contributed by atoms with Gasteiger partial charge in [0.25, 0.3) is 0 Å². The van der Waals surface area contributed by atoms with Crippen LogP contribution in [0.4, 0.5) is 0 Å². The van der Waals surface area contributed by atoms with Crippen molar-refractivity contribution in [3.8, 4) is 0 Å². The average Bonchev–Trinajstić information content (AvgIpc) is 2.87. The molecule has 3 N–H and O–H groups in total. The highest BCUT2D eigenvalue weighted by molar-refractivity contribution is 5.92. The summed E-state index contributed by atoms with van der Waals surface area (Å²) in [5, 5.41) is 3.05. The Balaban J connectivity index is 1.84. The lowest BCUT2D eigenvalue weighted by molar-refractivity contribution is -0.137. The Hall–Kier alpha value is -3.44. The number of nitrogens with one attached hydrogen (secondary N) is 1. The molecule has 3 rings (SSSR count). The van der Waals surface area contributed by atoms with Gasteiger partial charge in [0.05, 0.1) is 12.0 Å². The predicted octanol–water partition coefficient (Wildman–Crippen LogP) is 4.26. The van der Waals surface area contributed by atoms with E-state index in [1.54, 1.807) is 11.9 Å². The fraction of sp³-hybridized carbons (Fsp3) is 0.286. The maximum atomic E-state index is 13.6. The Kier molecular flexibility index (Phi) is 8.79. The molecule has 2 amide bonds. The molecule has 33 heavy (non-hydrogen) atoms. The fourth-order valence-electron chi connectivity index (χ4n) is 4.01. The normalized spacial score (nSPS) is 12.7. The largest absolute Gasteiger partial charge is 0.343 e. The van der Waals surface area contributed by atoms with E-state index in [2.05, 4.69) is 5.32 Å². The zero-order valence-electron chi connectivity index (χ0n) is 19.4. The number of nitrogens with two attached hydrogens (primary N) is 1. The molecule has 0 saturated heterocycles. The third-order valence-corrected chi connectivity index (χ3v) is 6.05. The second-order valence-electron chi connectivity index (χ2n) is 8.28. The summed E-state index contributed by atoms with van der Waals surface area (Å²) in [7, 11) is 1.79. The summed E-state index contributed by atoms with van der Waals surface area (Å²) in [6.45, 7) is 2.45. The molecule has 0 spiro atoms. The van der Waals surface area contributed by atoms with Crippen LogP contribution in [-0.4, -0.2) is 36.3 Å². The lowest BCUT2D eigenvalue weighted by Gasteiger charge is -2.30. The first-order chi connectivity index (χ1) is 16.0. The molecule has 3 aromatic rings. The van der Waals surface area contributed by atoms with E-state index in [9.17, 15) is 9.59 Å². The van der Waals surface area contributed by atoms with Crippen molar-refractivity contribution in [1.29, 1.82) is 0 Å². The summed E-state index contributed by atoms with van der Waals surface area (Å²) in [5.41, 5.74) is 8.56. The van der Waals surface area contributed by atoms with Crippen LogP contribution in [0.2, 0.25) is 0 Å². The van der Waals surface area contributed by atoms with Crippen molar-refractivity contribution in [3.05, 3.63) is 108 Å². The zero-order valence-corrected chi connectivity index (χ0v) is 19.4. The van der Waals surface area contributed by atoms with Crippen molar-refractivity contribution < 1.29 is 9.59 Å². The van der Waals surface area contributed by atoms with Gasteiger partial charge in [0.2, 0.25) is 11.8 Å². The van der Waals surface area contributed by atoms with Crippen molar-refractivity contribution in [2.24, 2.45) is 5.73 Å². The van der Waals surface area contributed by atoms with Crippen LogP contribution >= 0.6 is 0 Å². The molecule has 172 valence electrons. The molecule has 0 radical (unpaired) electrons. The van der Waals surface area contributed by atoms with Gasteiger partial charge in [-0.3, -0.25) is 9.59 Å². The van der Waals surface area contributed by atoms with E-state index in [1.165, 1.54) is 0 Å². The molecule has 0 aliphatic heterocycles. The Morgan fingerprint density at radius 1 is 0.818 bits per heavy atom. The highest BCUT2D eigenvalue weighted by Crippen LogP contribution is 2.26. The minimum atomic E-state index is -0.646. The predicted molar refractivity (Wildman–Crippen MR) is 133 cm³/mol. The molecule has 0 heterocycles. The first-order valence-corrected chi connectivity index (χ1v) is 11.4. The van der Waals surface area contributed by atoms with Crippen LogP contribution in [0.3, 0.4) is 0 Å². The van der Waals surface area contributed by atoms with Crippen molar-refractivity contribution in [3.63, 3.8) is 0 Å². The Labute approximate surface area is 196 Å². The van der Waals surface area contributed by atoms with Crippen LogP contribution < -0.4 is 11.1 Å². The van der Waals surface area contributed by atoms with E-state index in [4.69, 9.17) is 5.73 Å². The third kappa shape index (κ3) is 6.30. The summed E-state index contributed by atoms with van der Waals surface area (Å²) in [6, 6.07) is 28.4. The maximum absolute atomic E-state index is 13.6. The van der Waals surface area contributed by atoms with Crippen LogP contribution in [0.1, 0.15) is 48.4 Å². The van der Waals surface area contributed by atoms with Gasteiger partial charge in [0.15, 0.2) is 0 Å². The highest BCUT2D eigenvalue weighted by Gasteiger charge is 2.30. The monoisotopic (exact) mass is 443 g/mol. The minimum absolute atomic E-state index is 0.116. The van der Waals surface area contributed by atoms with Gasteiger partial charge in [-0.05, 0) is 43.0 Å². The number of benzene rings is 3. The van der Waals surface area contributed by atoms with Gasteiger partial charge in [-0.15, -0.1) is 0 Å². The number of likely N-dealkylation sites (N-methyl/N-ethyl adjacent to an activating group) is 1. The fourth-order valence-corrected chi connectivity index (χ4v) is 4.01. The first-order valence-electron chi connectivity index (χ1n) is 11.4. The van der Waals surface area contributed by atoms with Crippen LogP contribution in [0, 0.1) is 0 Å². The Morgan fingerprint density at radius 2 is 1.27 bits per heavy atom. The van der Waals surface area contributed by atoms with Gasteiger partial charge in [-0.2, -0.15) is 0 Å². The molecule has 3 aromatic carbocycles. The van der Waals surface area contributed by atoms with E-state index in [1.807, 2.05) is 97.9 Å². The highest BCUT2D eigenvalue weighted by atomic mass is 16.2. The summed E-state index contributed by atoms with van der Waals surface area (Å²) in [5.74, 6) is -0.811. The second-order valence-corrected chi connectivity index (χ2v) is 8.28. The van der Waals surface area contributed by atoms with Crippen LogP contribution in [0.15, 0.2) is 91.0 Å². The van der Waals surface area contributed by atoms with E-state index in [0.29, 0.717) is 19.4 Å². The lowest BCUT2D eigenvalue weighted by Crippen LogP contribution is -2.49. The van der Waals surface area contributed by atoms with E-state index < -0.39 is 12.0 Å². The van der Waals surface area contributed by atoms with Crippen LogP contribution in [0.25, 0.3) is 0 Å². The van der Waals surface area contributed by atoms with Crippen LogP contribution in [0.5, 0.6) is 0 Å². The molecule has 0 unspecified atom stereocenters. The molecule has 5 nitrogen and oxygen atoms in total. The topological polar surface area (TPSA) is 75.4 Å². The van der Waals surface area contributed by atoms with Crippen molar-refractivity contribution >= 4 is 11.8 Å². The number of nitrogens with zero attached hydrogens (tertiary/aromatic N) is 1. The maximum Gasteiger partial charge on any atom is 0.245 e. The molecule has 0 saturated carbocycles. The molecular formula is C28H33N3O2. The number of amides is 2. The van der Waals surface area contributed by atoms with Gasteiger partial charge in [0.1, 0.15) is 6.04 Å². The van der Waals surface area contributed by atoms with Gasteiger partial charge in [0, 0.05) is 7.05 Å². The molecule has 0 bridgehead atoms. The zero-order chi connectivity index (χ0) is 23.6. The number of hydrogen-bond donors (Lipinski definition) is 2. The second kappa shape index (κ2) is 12.0. The van der Waals surface area contributed by atoms with Gasteiger partial charge >= 0.3 is 0 Å². The van der Waals surface area contributed by atoms with E-state index >= 15 is 0 Å². The standard InChI is InChI=1S/C28H33N3O2/c1-21(22-13-6-3-7-14-22)31(2)28(33)25(19-12-20-29)30-27(32)26(23-15-8-4-9-16-23)24-17-10-5-11-18-24/h3-11,13-18,21,25-26H,12,19-20,29H2,1-2H3,(H,30,32)/t21-,25+/m1/s1. The van der Waals surface area contributed by atoms with E-state index in [0.717, 1.165) is 16.7 Å². The number of rotatable bonds is 10. The molecule has 0 fully saturated rings. The summed E-state index contributed by atoms with van der Waals surface area (Å²) < 4.78 is 0. The van der Waals surface area contributed by atoms with E-state index in [-0.39, 0.29) is 17.9 Å². The van der Waals surface area contributed by atoms with Crippen LogP contribution in [-0.2, 0) is 9.59 Å². The first kappa shape index (κ1) is 24.2. The summed E-state index contributed by atoms with van der Waals surface area (Å²) >= 11 is 0. The van der Waals surface area contributed by atoms with Crippen molar-refractivity contribution in [2.45, 2.75) is 37.8 Å². The number of hydrogen-bond acceptors (Lipinski definition) is 3. The smallest absolute Gasteiger partial charge is 0.245 e. The number of carbonyl (C=O) groups is 2. The quantitative estimate of drug-likeness (QED) is 0.492. The van der Waals surface area contributed by atoms with Crippen molar-refractivity contribution in [2.75, 3.05) is 13.6 Å². The number of carbonyl (C=O) groups excluding carboxylic acids is 2. The summed E-state index contributed by atoms with van der Waals surface area (Å²) in [6.07, 6.45) is 1.13.